The molecule has 11 heavy (non-hydrogen) atoms. The molecule has 0 heterocycles. The molecule has 0 unspecified atom stereocenters. The highest BCUT2D eigenvalue weighted by Gasteiger charge is 2.00. The van der Waals surface area contributed by atoms with Gasteiger partial charge in [0.25, 0.3) is 0 Å². The maximum atomic E-state index is 9.44. The summed E-state index contributed by atoms with van der Waals surface area (Å²) in [5.41, 5.74) is 0.950. The molecule has 1 nitrogen and oxygen atoms in total. The van der Waals surface area contributed by atoms with Gasteiger partial charge in [-0.3, -0.25) is 0 Å². The summed E-state index contributed by atoms with van der Waals surface area (Å²) in [5.74, 6) is 0.495. The van der Waals surface area contributed by atoms with Crippen LogP contribution in [0, 0.1) is 0 Å². The molecule has 1 aliphatic carbocycles. The van der Waals surface area contributed by atoms with E-state index >= 15 is 0 Å². The molecule has 1 N–H and O–H groups in total. The topological polar surface area (TPSA) is 20.2 Å². The van der Waals surface area contributed by atoms with Gasteiger partial charge in [-0.15, -0.1) is 0 Å². The van der Waals surface area contributed by atoms with Crippen LogP contribution >= 0.6 is 15.9 Å². The molecule has 1 aliphatic rings. The number of halogens is 1. The van der Waals surface area contributed by atoms with Gasteiger partial charge in [0.05, 0.1) is 5.76 Å². The monoisotopic (exact) mass is 214 g/mol. The fourth-order valence-corrected chi connectivity index (χ4v) is 1.23. The molecular formula is C9H11BrO. The lowest BCUT2D eigenvalue weighted by Crippen LogP contribution is -1.86. The van der Waals surface area contributed by atoms with Crippen molar-refractivity contribution in [2.75, 3.05) is 5.33 Å². The summed E-state index contributed by atoms with van der Waals surface area (Å²) in [6.07, 6.45) is 9.44. The highest BCUT2D eigenvalue weighted by atomic mass is 79.9. The smallest absolute Gasteiger partial charge is 0.0995 e. The van der Waals surface area contributed by atoms with Gasteiger partial charge in [-0.25, -0.2) is 0 Å². The van der Waals surface area contributed by atoms with Gasteiger partial charge < -0.3 is 5.11 Å². The molecule has 0 spiro atoms. The third-order valence-corrected chi connectivity index (χ3v) is 2.10. The van der Waals surface area contributed by atoms with Crippen LogP contribution in [-0.4, -0.2) is 10.4 Å². The normalized spacial score (nSPS) is 14.5. The Kier molecular flexibility index (Phi) is 3.43. The molecule has 0 saturated heterocycles. The van der Waals surface area contributed by atoms with Crippen molar-refractivity contribution in [3.8, 4) is 0 Å². The van der Waals surface area contributed by atoms with Gasteiger partial charge >= 0.3 is 0 Å². The van der Waals surface area contributed by atoms with E-state index in [0.29, 0.717) is 5.76 Å². The average molecular weight is 215 g/mol. The van der Waals surface area contributed by atoms with Crippen molar-refractivity contribution in [3.63, 3.8) is 0 Å². The van der Waals surface area contributed by atoms with E-state index in [2.05, 4.69) is 15.9 Å². The Morgan fingerprint density at radius 1 is 1.36 bits per heavy atom. The summed E-state index contributed by atoms with van der Waals surface area (Å²) >= 11 is 3.32. The second-order valence-corrected chi connectivity index (χ2v) is 3.21. The van der Waals surface area contributed by atoms with Crippen molar-refractivity contribution >= 4 is 15.9 Å². The largest absolute Gasteiger partial charge is 0.512 e. The molecule has 0 saturated carbocycles. The van der Waals surface area contributed by atoms with E-state index in [1.54, 1.807) is 0 Å². The molecule has 2 heteroatoms. The van der Waals surface area contributed by atoms with Gasteiger partial charge in [-0.2, -0.15) is 0 Å². The average Bonchev–Trinajstić information content (AvgIpc) is 2.52. The third-order valence-electron chi connectivity index (χ3n) is 1.54. The molecule has 0 bridgehead atoms. The fraction of sp³-hybridized carbons (Fsp3) is 0.333. The first-order chi connectivity index (χ1) is 5.34. The minimum absolute atomic E-state index is 0.495. The Bertz CT molecular complexity index is 200. The van der Waals surface area contributed by atoms with Crippen LogP contribution < -0.4 is 0 Å². The van der Waals surface area contributed by atoms with Crippen LogP contribution in [0.2, 0.25) is 0 Å². The lowest BCUT2D eigenvalue weighted by atomic mass is 10.2. The second-order valence-electron chi connectivity index (χ2n) is 2.41. The number of hydrogen-bond acceptors (Lipinski definition) is 1. The Labute approximate surface area is 75.2 Å². The zero-order valence-electron chi connectivity index (χ0n) is 6.26. The van der Waals surface area contributed by atoms with Crippen LogP contribution in [0.15, 0.2) is 35.6 Å². The van der Waals surface area contributed by atoms with E-state index in [0.717, 1.165) is 23.7 Å². The van der Waals surface area contributed by atoms with Crippen molar-refractivity contribution in [3.05, 3.63) is 35.6 Å². The first-order valence-electron chi connectivity index (χ1n) is 3.67. The van der Waals surface area contributed by atoms with Gasteiger partial charge in [0.1, 0.15) is 0 Å². The van der Waals surface area contributed by atoms with E-state index in [-0.39, 0.29) is 0 Å². The lowest BCUT2D eigenvalue weighted by molar-refractivity contribution is 0.384. The van der Waals surface area contributed by atoms with Crippen molar-refractivity contribution in [1.82, 2.24) is 0 Å². The summed E-state index contributed by atoms with van der Waals surface area (Å²) in [7, 11) is 0. The SMILES string of the molecule is OC(CCCBr)=C1C=CC=C1. The number of aliphatic hydroxyl groups is 1. The molecule has 60 valence electrons. The maximum Gasteiger partial charge on any atom is 0.0995 e. The van der Waals surface area contributed by atoms with Gasteiger partial charge in [-0.05, 0) is 6.42 Å². The Hall–Kier alpha value is -0.500. The lowest BCUT2D eigenvalue weighted by Gasteiger charge is -1.99. The molecular weight excluding hydrogens is 204 g/mol. The Balaban J connectivity index is 2.50. The van der Waals surface area contributed by atoms with Gasteiger partial charge in [0, 0.05) is 17.3 Å². The van der Waals surface area contributed by atoms with E-state index < -0.39 is 0 Å². The molecule has 0 aromatic rings. The molecule has 0 amide bonds. The quantitative estimate of drug-likeness (QED) is 0.566. The first kappa shape index (κ1) is 8.60. The summed E-state index contributed by atoms with van der Waals surface area (Å²) < 4.78 is 0. The van der Waals surface area contributed by atoms with Crippen molar-refractivity contribution in [1.29, 1.82) is 0 Å². The van der Waals surface area contributed by atoms with E-state index in [1.165, 1.54) is 0 Å². The predicted molar refractivity (Wildman–Crippen MR) is 51.0 cm³/mol. The van der Waals surface area contributed by atoms with Crippen molar-refractivity contribution in [2.45, 2.75) is 12.8 Å². The minimum atomic E-state index is 0.495. The first-order valence-corrected chi connectivity index (χ1v) is 4.79. The zero-order valence-corrected chi connectivity index (χ0v) is 7.84. The van der Waals surface area contributed by atoms with Crippen molar-refractivity contribution < 1.29 is 5.11 Å². The maximum absolute atomic E-state index is 9.44. The summed E-state index contributed by atoms with van der Waals surface area (Å²) in [4.78, 5) is 0. The van der Waals surface area contributed by atoms with Crippen LogP contribution in [0.4, 0.5) is 0 Å². The van der Waals surface area contributed by atoms with Gasteiger partial charge in [0.15, 0.2) is 0 Å². The van der Waals surface area contributed by atoms with E-state index in [9.17, 15) is 5.11 Å². The highest BCUT2D eigenvalue weighted by molar-refractivity contribution is 9.09. The van der Waals surface area contributed by atoms with Crippen LogP contribution in [0.25, 0.3) is 0 Å². The van der Waals surface area contributed by atoms with Crippen LogP contribution in [0.1, 0.15) is 12.8 Å². The number of alkyl halides is 1. The van der Waals surface area contributed by atoms with Crippen LogP contribution in [0.5, 0.6) is 0 Å². The molecule has 0 fully saturated rings. The molecule has 1 rings (SSSR count). The summed E-state index contributed by atoms with van der Waals surface area (Å²) in [6, 6.07) is 0. The third kappa shape index (κ3) is 2.54. The summed E-state index contributed by atoms with van der Waals surface area (Å²) in [5, 5.41) is 10.4. The molecule has 0 aromatic carbocycles. The van der Waals surface area contributed by atoms with Gasteiger partial charge in [-0.1, -0.05) is 40.2 Å². The molecule has 0 aromatic heterocycles. The van der Waals surface area contributed by atoms with E-state index in [1.807, 2.05) is 24.3 Å². The summed E-state index contributed by atoms with van der Waals surface area (Å²) in [6.45, 7) is 0. The highest BCUT2D eigenvalue weighted by Crippen LogP contribution is 2.15. The van der Waals surface area contributed by atoms with Crippen LogP contribution in [0.3, 0.4) is 0 Å². The molecule has 0 aliphatic heterocycles. The van der Waals surface area contributed by atoms with E-state index in [4.69, 9.17) is 0 Å². The Morgan fingerprint density at radius 2 is 2.00 bits per heavy atom. The zero-order chi connectivity index (χ0) is 8.10. The Morgan fingerprint density at radius 3 is 2.55 bits per heavy atom. The number of rotatable bonds is 3. The number of hydrogen-bond donors (Lipinski definition) is 1. The standard InChI is InChI=1S/C9H11BrO/c10-7-3-6-9(11)8-4-1-2-5-8/h1-2,4-5,11H,3,6-7H2. The molecule has 0 radical (unpaired) electrons. The molecule has 0 atom stereocenters. The fourth-order valence-electron chi connectivity index (χ4n) is 0.945. The second kappa shape index (κ2) is 4.39. The number of allylic oxidation sites excluding steroid dienone is 6. The van der Waals surface area contributed by atoms with Crippen LogP contribution in [-0.2, 0) is 0 Å². The predicted octanol–water partition coefficient (Wildman–Crippen LogP) is 3.10. The minimum Gasteiger partial charge on any atom is -0.512 e. The van der Waals surface area contributed by atoms with Crippen molar-refractivity contribution in [2.24, 2.45) is 0 Å². The van der Waals surface area contributed by atoms with Gasteiger partial charge in [0.2, 0.25) is 0 Å². The number of aliphatic hydroxyl groups excluding tert-OH is 1.